The maximum Gasteiger partial charge on any atom is 0.132 e. The fourth-order valence-electron chi connectivity index (χ4n) is 3.77. The van der Waals surface area contributed by atoms with Gasteiger partial charge in [-0.05, 0) is 67.0 Å². The molecule has 27 heavy (non-hydrogen) atoms. The third kappa shape index (κ3) is 6.10. The van der Waals surface area contributed by atoms with Gasteiger partial charge in [0.1, 0.15) is 5.78 Å². The molecule has 2 aromatic rings. The van der Waals surface area contributed by atoms with E-state index in [1.165, 1.54) is 43.2 Å². The zero-order valence-corrected chi connectivity index (χ0v) is 16.5. The van der Waals surface area contributed by atoms with Crippen molar-refractivity contribution >= 4 is 5.78 Å². The van der Waals surface area contributed by atoms with E-state index in [4.69, 9.17) is 0 Å². The smallest absolute Gasteiger partial charge is 0.132 e. The zero-order valence-electron chi connectivity index (χ0n) is 16.5. The minimum Gasteiger partial charge on any atom is -0.300 e. The van der Waals surface area contributed by atoms with Gasteiger partial charge in [0.2, 0.25) is 0 Å². The summed E-state index contributed by atoms with van der Waals surface area (Å²) in [6, 6.07) is 17.3. The van der Waals surface area contributed by atoms with E-state index in [0.717, 1.165) is 36.8 Å². The van der Waals surface area contributed by atoms with Crippen molar-refractivity contribution in [1.82, 2.24) is 0 Å². The average Bonchev–Trinajstić information content (AvgIpc) is 2.72. The van der Waals surface area contributed by atoms with Gasteiger partial charge in [0.15, 0.2) is 0 Å². The van der Waals surface area contributed by atoms with Crippen molar-refractivity contribution in [2.45, 2.75) is 70.6 Å². The molecule has 0 unspecified atom stereocenters. The molecule has 3 rings (SSSR count). The molecule has 1 nitrogen and oxygen atoms in total. The molecule has 140 valence electrons. The van der Waals surface area contributed by atoms with Crippen molar-refractivity contribution in [2.24, 2.45) is 0 Å². The molecule has 1 fully saturated rings. The van der Waals surface area contributed by atoms with Crippen molar-refractivity contribution in [2.75, 3.05) is 0 Å². The normalized spacial score (nSPS) is 14.6. The number of aryl methyl sites for hydroxylation is 1. The summed E-state index contributed by atoms with van der Waals surface area (Å²) in [5.41, 5.74) is 4.88. The summed E-state index contributed by atoms with van der Waals surface area (Å²) in [4.78, 5) is 11.4. The molecule has 1 saturated carbocycles. The van der Waals surface area contributed by atoms with E-state index in [9.17, 15) is 4.79 Å². The molecular formula is C26H30O. The van der Waals surface area contributed by atoms with Gasteiger partial charge < -0.3 is 0 Å². The van der Waals surface area contributed by atoms with Crippen molar-refractivity contribution in [1.29, 1.82) is 0 Å². The highest BCUT2D eigenvalue weighted by molar-refractivity contribution is 5.79. The van der Waals surface area contributed by atoms with Gasteiger partial charge in [-0.15, -0.1) is 0 Å². The number of hydrogen-bond acceptors (Lipinski definition) is 1. The Kier molecular flexibility index (Phi) is 7.28. The summed E-state index contributed by atoms with van der Waals surface area (Å²) in [7, 11) is 0. The van der Waals surface area contributed by atoms with E-state index >= 15 is 0 Å². The SMILES string of the molecule is CCCCCCc1ccc(C#Cc2ccc(C3CCC(=O)CC3)cc2)cc1. The van der Waals surface area contributed by atoms with Crippen LogP contribution >= 0.6 is 0 Å². The molecule has 0 heterocycles. The second kappa shape index (κ2) is 10.1. The summed E-state index contributed by atoms with van der Waals surface area (Å²) in [5, 5.41) is 0. The number of hydrogen-bond donors (Lipinski definition) is 0. The van der Waals surface area contributed by atoms with Crippen LogP contribution in [0.3, 0.4) is 0 Å². The fraction of sp³-hybridized carbons (Fsp3) is 0.423. The van der Waals surface area contributed by atoms with Crippen molar-refractivity contribution in [3.8, 4) is 11.8 Å². The zero-order chi connectivity index (χ0) is 18.9. The lowest BCUT2D eigenvalue weighted by molar-refractivity contribution is -0.120. The Morgan fingerprint density at radius 3 is 2.00 bits per heavy atom. The van der Waals surface area contributed by atoms with E-state index in [0.29, 0.717) is 11.7 Å². The molecule has 0 atom stereocenters. The van der Waals surface area contributed by atoms with Crippen LogP contribution in [0, 0.1) is 11.8 Å². The van der Waals surface area contributed by atoms with Crippen molar-refractivity contribution < 1.29 is 4.79 Å². The van der Waals surface area contributed by atoms with E-state index < -0.39 is 0 Å². The third-order valence-electron chi connectivity index (χ3n) is 5.55. The Morgan fingerprint density at radius 2 is 1.41 bits per heavy atom. The standard InChI is InChI=1S/C26H30O/c1-2-3-4-5-6-21-7-9-22(10-8-21)11-12-23-13-15-24(16-14-23)25-17-19-26(27)20-18-25/h7-10,13-16,25H,2-6,17-20H2,1H3. The lowest BCUT2D eigenvalue weighted by Gasteiger charge is -2.21. The van der Waals surface area contributed by atoms with Crippen LogP contribution in [0.15, 0.2) is 48.5 Å². The number of unbranched alkanes of at least 4 members (excludes halogenated alkanes) is 3. The summed E-state index contributed by atoms with van der Waals surface area (Å²) < 4.78 is 0. The second-order valence-corrected chi connectivity index (χ2v) is 7.69. The average molecular weight is 359 g/mol. The van der Waals surface area contributed by atoms with Gasteiger partial charge in [-0.3, -0.25) is 4.79 Å². The van der Waals surface area contributed by atoms with Gasteiger partial charge in [0, 0.05) is 24.0 Å². The first-order chi connectivity index (χ1) is 13.2. The number of benzene rings is 2. The summed E-state index contributed by atoms with van der Waals surface area (Å²) in [5.74, 6) is 7.50. The van der Waals surface area contributed by atoms with Crippen LogP contribution in [0.5, 0.6) is 0 Å². The predicted molar refractivity (Wildman–Crippen MR) is 113 cm³/mol. The maximum atomic E-state index is 11.4. The molecule has 0 aromatic heterocycles. The van der Waals surface area contributed by atoms with Gasteiger partial charge in [0.25, 0.3) is 0 Å². The molecule has 0 amide bonds. The summed E-state index contributed by atoms with van der Waals surface area (Å²) >= 11 is 0. The quantitative estimate of drug-likeness (QED) is 0.429. The second-order valence-electron chi connectivity index (χ2n) is 7.69. The van der Waals surface area contributed by atoms with Crippen molar-refractivity contribution in [3.63, 3.8) is 0 Å². The lowest BCUT2D eigenvalue weighted by Crippen LogP contribution is -2.12. The molecule has 0 bridgehead atoms. The highest BCUT2D eigenvalue weighted by Crippen LogP contribution is 2.31. The first-order valence-electron chi connectivity index (χ1n) is 10.5. The molecule has 1 aliphatic carbocycles. The van der Waals surface area contributed by atoms with E-state index in [-0.39, 0.29) is 0 Å². The fourth-order valence-corrected chi connectivity index (χ4v) is 3.77. The highest BCUT2D eigenvalue weighted by Gasteiger charge is 2.19. The Morgan fingerprint density at radius 1 is 0.815 bits per heavy atom. The molecule has 0 aliphatic heterocycles. The van der Waals surface area contributed by atoms with Crippen LogP contribution < -0.4 is 0 Å². The van der Waals surface area contributed by atoms with Gasteiger partial charge >= 0.3 is 0 Å². The largest absolute Gasteiger partial charge is 0.300 e. The van der Waals surface area contributed by atoms with Crippen molar-refractivity contribution in [3.05, 3.63) is 70.8 Å². The minimum absolute atomic E-state index is 0.417. The van der Waals surface area contributed by atoms with Crippen LogP contribution in [0.4, 0.5) is 0 Å². The van der Waals surface area contributed by atoms with Crippen LogP contribution in [-0.2, 0) is 11.2 Å². The number of Topliss-reactive ketones (excluding diaryl/α,β-unsaturated/α-hetero) is 1. The monoisotopic (exact) mass is 358 g/mol. The minimum atomic E-state index is 0.417. The molecule has 1 heteroatoms. The topological polar surface area (TPSA) is 17.1 Å². The molecule has 0 N–H and O–H groups in total. The van der Waals surface area contributed by atoms with Gasteiger partial charge in [-0.25, -0.2) is 0 Å². The van der Waals surface area contributed by atoms with E-state index in [1.54, 1.807) is 0 Å². The van der Waals surface area contributed by atoms with Gasteiger partial charge in [-0.1, -0.05) is 62.3 Å². The first kappa shape index (κ1) is 19.4. The van der Waals surface area contributed by atoms with Gasteiger partial charge in [0.05, 0.1) is 0 Å². The summed E-state index contributed by atoms with van der Waals surface area (Å²) in [6.07, 6.45) is 9.86. The number of rotatable bonds is 6. The molecular weight excluding hydrogens is 328 g/mol. The Labute approximate surface area is 164 Å². The first-order valence-corrected chi connectivity index (χ1v) is 10.5. The van der Waals surface area contributed by atoms with Crippen LogP contribution in [0.2, 0.25) is 0 Å². The Balaban J connectivity index is 1.55. The van der Waals surface area contributed by atoms with Crippen LogP contribution in [0.25, 0.3) is 0 Å². The number of carbonyl (C=O) groups excluding carboxylic acids is 1. The number of ketones is 1. The predicted octanol–water partition coefficient (Wildman–Crippen LogP) is 6.44. The lowest BCUT2D eigenvalue weighted by atomic mass is 9.83. The van der Waals surface area contributed by atoms with Gasteiger partial charge in [-0.2, -0.15) is 0 Å². The molecule has 0 saturated heterocycles. The van der Waals surface area contributed by atoms with Crippen LogP contribution in [0.1, 0.15) is 86.5 Å². The number of carbonyl (C=O) groups is 1. The summed E-state index contributed by atoms with van der Waals surface area (Å²) in [6.45, 7) is 2.25. The molecule has 2 aromatic carbocycles. The van der Waals surface area contributed by atoms with Crippen LogP contribution in [-0.4, -0.2) is 5.78 Å². The molecule has 0 radical (unpaired) electrons. The van der Waals surface area contributed by atoms with E-state index in [2.05, 4.69) is 67.3 Å². The molecule has 1 aliphatic rings. The Bertz CT molecular complexity index is 777. The maximum absolute atomic E-state index is 11.4. The Hall–Kier alpha value is -2.33. The highest BCUT2D eigenvalue weighted by atomic mass is 16.1. The molecule has 0 spiro atoms. The van der Waals surface area contributed by atoms with E-state index in [1.807, 2.05) is 0 Å². The third-order valence-corrected chi connectivity index (χ3v) is 5.55.